The van der Waals surface area contributed by atoms with Crippen LogP contribution in [0.4, 0.5) is 0 Å². The highest BCUT2D eigenvalue weighted by Gasteiger charge is 2.24. The first-order valence-corrected chi connectivity index (χ1v) is 9.58. The van der Waals surface area contributed by atoms with Crippen LogP contribution in [0.5, 0.6) is 0 Å². The number of likely N-dealkylation sites (tertiary alicyclic amines) is 1. The van der Waals surface area contributed by atoms with Crippen molar-refractivity contribution in [2.75, 3.05) is 47.9 Å². The summed E-state index contributed by atoms with van der Waals surface area (Å²) in [6.45, 7) is 1.25. The second-order valence-electron chi connectivity index (χ2n) is 7.50. The Morgan fingerprint density at radius 2 is 1.83 bits per heavy atom. The number of imidazole rings is 1. The molecule has 0 aromatic carbocycles. The summed E-state index contributed by atoms with van der Waals surface area (Å²) in [6.07, 6.45) is 6.08. The van der Waals surface area contributed by atoms with Crippen LogP contribution in [0, 0.1) is 0 Å². The Bertz CT molecular complexity index is 684. The highest BCUT2D eigenvalue weighted by molar-refractivity contribution is 5.85. The summed E-state index contributed by atoms with van der Waals surface area (Å²) in [5.41, 5.74) is 0. The van der Waals surface area contributed by atoms with Gasteiger partial charge in [-0.05, 0) is 26.9 Å². The van der Waals surface area contributed by atoms with Crippen molar-refractivity contribution >= 4 is 30.2 Å². The minimum absolute atomic E-state index is 0. The molecule has 10 heteroatoms. The molecule has 9 nitrogen and oxygen atoms in total. The van der Waals surface area contributed by atoms with E-state index in [9.17, 15) is 14.4 Å². The van der Waals surface area contributed by atoms with Gasteiger partial charge in [-0.1, -0.05) is 0 Å². The van der Waals surface area contributed by atoms with Gasteiger partial charge >= 0.3 is 5.97 Å². The predicted molar refractivity (Wildman–Crippen MR) is 111 cm³/mol. The van der Waals surface area contributed by atoms with Gasteiger partial charge in [0.15, 0.2) is 6.61 Å². The minimum Gasteiger partial charge on any atom is -0.454 e. The van der Waals surface area contributed by atoms with Crippen molar-refractivity contribution in [3.05, 3.63) is 18.2 Å². The lowest BCUT2D eigenvalue weighted by molar-refractivity contribution is -0.151. The maximum Gasteiger partial charge on any atom is 0.326 e. The van der Waals surface area contributed by atoms with Crippen molar-refractivity contribution in [1.82, 2.24) is 24.3 Å². The Morgan fingerprint density at radius 3 is 2.41 bits per heavy atom. The van der Waals surface area contributed by atoms with Gasteiger partial charge < -0.3 is 24.0 Å². The molecule has 29 heavy (non-hydrogen) atoms. The molecule has 1 aliphatic heterocycles. The minimum atomic E-state index is -0.508. The summed E-state index contributed by atoms with van der Waals surface area (Å²) < 4.78 is 6.65. The summed E-state index contributed by atoms with van der Waals surface area (Å²) in [7, 11) is 7.35. The van der Waals surface area contributed by atoms with E-state index in [2.05, 4.69) is 24.0 Å². The van der Waals surface area contributed by atoms with Crippen molar-refractivity contribution in [1.29, 1.82) is 0 Å². The van der Waals surface area contributed by atoms with Gasteiger partial charge in [-0.25, -0.2) is 4.98 Å². The van der Waals surface area contributed by atoms with Crippen LogP contribution in [0.1, 0.15) is 25.1 Å². The third kappa shape index (κ3) is 7.66. The van der Waals surface area contributed by atoms with E-state index in [0.29, 0.717) is 24.7 Å². The molecule has 0 radical (unpaired) electrons. The Labute approximate surface area is 178 Å². The number of hydrogen-bond donors (Lipinski definition) is 0. The van der Waals surface area contributed by atoms with Gasteiger partial charge in [0.2, 0.25) is 5.91 Å². The molecule has 2 heterocycles. The Kier molecular flexibility index (Phi) is 10.1. The van der Waals surface area contributed by atoms with Gasteiger partial charge in [0.1, 0.15) is 12.4 Å². The van der Waals surface area contributed by atoms with E-state index >= 15 is 0 Å². The molecule has 1 aliphatic rings. The Hall–Kier alpha value is -2.13. The summed E-state index contributed by atoms with van der Waals surface area (Å²) >= 11 is 0. The number of nitrogens with zero attached hydrogens (tertiary/aromatic N) is 5. The topological polar surface area (TPSA) is 88.0 Å². The smallest absolute Gasteiger partial charge is 0.326 e. The number of hydrogen-bond acceptors (Lipinski definition) is 6. The molecule has 0 atom stereocenters. The molecule has 0 saturated carbocycles. The predicted octanol–water partition coefficient (Wildman–Crippen LogP) is 0.422. The molecule has 1 aromatic heterocycles. The SMILES string of the molecule is CN(C)C(=O)COC(=O)Cn1ccnc1CCC(=O)N1CCC(N(C)C)CC1.Cl. The average molecular weight is 430 g/mol. The lowest BCUT2D eigenvalue weighted by atomic mass is 10.0. The number of carbonyl (C=O) groups excluding carboxylic acids is 3. The van der Waals surface area contributed by atoms with Gasteiger partial charge in [-0.15, -0.1) is 12.4 Å². The first-order valence-electron chi connectivity index (χ1n) is 9.58. The van der Waals surface area contributed by atoms with E-state index in [-0.39, 0.29) is 37.4 Å². The lowest BCUT2D eigenvalue weighted by Crippen LogP contribution is -2.44. The van der Waals surface area contributed by atoms with Gasteiger partial charge in [0, 0.05) is 58.5 Å². The fourth-order valence-corrected chi connectivity index (χ4v) is 3.18. The van der Waals surface area contributed by atoms with E-state index < -0.39 is 5.97 Å². The first-order chi connectivity index (χ1) is 13.3. The zero-order chi connectivity index (χ0) is 20.7. The monoisotopic (exact) mass is 429 g/mol. The van der Waals surface area contributed by atoms with Gasteiger partial charge in [0.05, 0.1) is 0 Å². The third-order valence-electron chi connectivity index (χ3n) is 5.07. The van der Waals surface area contributed by atoms with Gasteiger partial charge in [-0.2, -0.15) is 0 Å². The second kappa shape index (κ2) is 11.8. The molecule has 0 N–H and O–H groups in total. The van der Waals surface area contributed by atoms with Crippen LogP contribution in [-0.2, 0) is 32.1 Å². The van der Waals surface area contributed by atoms with E-state index in [1.165, 1.54) is 4.90 Å². The van der Waals surface area contributed by atoms with Gasteiger partial charge in [0.25, 0.3) is 5.91 Å². The molecule has 1 aromatic rings. The van der Waals surface area contributed by atoms with Crippen LogP contribution in [0.25, 0.3) is 0 Å². The molecule has 0 unspecified atom stereocenters. The summed E-state index contributed by atoms with van der Waals surface area (Å²) in [6, 6.07) is 0.535. The number of esters is 1. The maximum absolute atomic E-state index is 12.5. The summed E-state index contributed by atoms with van der Waals surface area (Å²) in [4.78, 5) is 45.6. The number of piperidine rings is 1. The number of aromatic nitrogens is 2. The average Bonchev–Trinajstić information content (AvgIpc) is 3.10. The molecule has 0 aliphatic carbocycles. The standard InChI is InChI=1S/C19H31N5O4.ClH/c1-21(2)15-7-10-23(11-8-15)17(25)6-5-16-20-9-12-24(16)13-19(27)28-14-18(26)22(3)4;/h9,12,15H,5-8,10-11,13-14H2,1-4H3;1H. The van der Waals surface area contributed by atoms with Crippen molar-refractivity contribution in [2.24, 2.45) is 0 Å². The van der Waals surface area contributed by atoms with Crippen molar-refractivity contribution in [3.8, 4) is 0 Å². The Balaban J connectivity index is 0.00000420. The normalized spacial score (nSPS) is 14.4. The van der Waals surface area contributed by atoms with Crippen molar-refractivity contribution in [3.63, 3.8) is 0 Å². The quantitative estimate of drug-likeness (QED) is 0.556. The molecule has 0 bridgehead atoms. The van der Waals surface area contributed by atoms with Crippen molar-refractivity contribution < 1.29 is 19.1 Å². The zero-order valence-corrected chi connectivity index (χ0v) is 18.5. The number of rotatable bonds is 8. The Morgan fingerprint density at radius 1 is 1.17 bits per heavy atom. The number of carbonyl (C=O) groups is 3. The molecule has 2 amide bonds. The molecule has 164 valence electrons. The fourth-order valence-electron chi connectivity index (χ4n) is 3.18. The highest BCUT2D eigenvalue weighted by atomic mass is 35.5. The number of likely N-dealkylation sites (N-methyl/N-ethyl adjacent to an activating group) is 1. The van der Waals surface area contributed by atoms with Crippen LogP contribution >= 0.6 is 12.4 Å². The van der Waals surface area contributed by atoms with Crippen LogP contribution in [-0.4, -0.2) is 96.0 Å². The summed E-state index contributed by atoms with van der Waals surface area (Å²) in [5.74, 6) is -0.00676. The molecule has 1 fully saturated rings. The molecular weight excluding hydrogens is 398 g/mol. The molecule has 2 rings (SSSR count). The number of ether oxygens (including phenoxy) is 1. The van der Waals surface area contributed by atoms with E-state index in [0.717, 1.165) is 25.9 Å². The summed E-state index contributed by atoms with van der Waals surface area (Å²) in [5, 5.41) is 0. The third-order valence-corrected chi connectivity index (χ3v) is 5.07. The zero-order valence-electron chi connectivity index (χ0n) is 17.7. The number of amides is 2. The van der Waals surface area contributed by atoms with E-state index in [4.69, 9.17) is 4.74 Å². The molecule has 0 spiro atoms. The van der Waals surface area contributed by atoms with Crippen LogP contribution < -0.4 is 0 Å². The number of aryl methyl sites for hydroxylation is 1. The fraction of sp³-hybridized carbons (Fsp3) is 0.684. The van der Waals surface area contributed by atoms with Crippen LogP contribution in [0.15, 0.2) is 12.4 Å². The first kappa shape index (κ1) is 24.9. The van der Waals surface area contributed by atoms with Crippen LogP contribution in [0.2, 0.25) is 0 Å². The maximum atomic E-state index is 12.5. The van der Waals surface area contributed by atoms with Crippen molar-refractivity contribution in [2.45, 2.75) is 38.3 Å². The molecular formula is C19H32ClN5O4. The van der Waals surface area contributed by atoms with E-state index in [1.54, 1.807) is 31.1 Å². The number of halogens is 1. The van der Waals surface area contributed by atoms with E-state index in [1.807, 2.05) is 4.90 Å². The van der Waals surface area contributed by atoms with Crippen LogP contribution in [0.3, 0.4) is 0 Å². The lowest BCUT2D eigenvalue weighted by Gasteiger charge is -2.35. The second-order valence-corrected chi connectivity index (χ2v) is 7.50. The molecule has 1 saturated heterocycles. The highest BCUT2D eigenvalue weighted by Crippen LogP contribution is 2.15. The van der Waals surface area contributed by atoms with Gasteiger partial charge in [-0.3, -0.25) is 14.4 Å². The largest absolute Gasteiger partial charge is 0.454 e.